The SMILES string of the molecule is CCCCN/C(=C\C(=O)/C=C/c1ccccc1)C(C)C. The van der Waals surface area contributed by atoms with Crippen LogP contribution in [0.2, 0.25) is 0 Å². The van der Waals surface area contributed by atoms with Crippen molar-refractivity contribution < 1.29 is 4.79 Å². The van der Waals surface area contributed by atoms with Crippen molar-refractivity contribution in [2.75, 3.05) is 6.54 Å². The van der Waals surface area contributed by atoms with Gasteiger partial charge in [-0.15, -0.1) is 0 Å². The molecule has 0 atom stereocenters. The Labute approximate surface area is 122 Å². The maximum atomic E-state index is 12.0. The average molecular weight is 271 g/mol. The van der Waals surface area contributed by atoms with Gasteiger partial charge in [0.1, 0.15) is 0 Å². The molecule has 2 nitrogen and oxygen atoms in total. The van der Waals surface area contributed by atoms with Crippen molar-refractivity contribution in [3.8, 4) is 0 Å². The predicted octanol–water partition coefficient (Wildman–Crippen LogP) is 4.20. The summed E-state index contributed by atoms with van der Waals surface area (Å²) < 4.78 is 0. The Morgan fingerprint density at radius 3 is 2.55 bits per heavy atom. The third kappa shape index (κ3) is 6.37. The number of ketones is 1. The summed E-state index contributed by atoms with van der Waals surface area (Å²) in [6.07, 6.45) is 7.46. The van der Waals surface area contributed by atoms with E-state index in [2.05, 4.69) is 26.1 Å². The van der Waals surface area contributed by atoms with Gasteiger partial charge in [0.2, 0.25) is 0 Å². The van der Waals surface area contributed by atoms with Crippen LogP contribution in [0.25, 0.3) is 6.08 Å². The van der Waals surface area contributed by atoms with Crippen molar-refractivity contribution in [2.45, 2.75) is 33.6 Å². The monoisotopic (exact) mass is 271 g/mol. The highest BCUT2D eigenvalue weighted by Crippen LogP contribution is 2.07. The molecule has 108 valence electrons. The summed E-state index contributed by atoms with van der Waals surface area (Å²) in [5, 5.41) is 3.36. The lowest BCUT2D eigenvalue weighted by Gasteiger charge is -2.13. The number of allylic oxidation sites excluding steroid dienone is 3. The molecule has 0 saturated heterocycles. The van der Waals surface area contributed by atoms with Crippen LogP contribution in [0.4, 0.5) is 0 Å². The summed E-state index contributed by atoms with van der Waals surface area (Å²) >= 11 is 0. The second kappa shape index (κ2) is 9.13. The number of hydrogen-bond donors (Lipinski definition) is 1. The molecule has 0 heterocycles. The van der Waals surface area contributed by atoms with Crippen molar-refractivity contribution in [3.05, 3.63) is 53.7 Å². The smallest absolute Gasteiger partial charge is 0.180 e. The Hall–Kier alpha value is -1.83. The van der Waals surface area contributed by atoms with E-state index in [1.807, 2.05) is 36.4 Å². The van der Waals surface area contributed by atoms with E-state index in [9.17, 15) is 4.79 Å². The topological polar surface area (TPSA) is 29.1 Å². The van der Waals surface area contributed by atoms with Crippen molar-refractivity contribution >= 4 is 11.9 Å². The third-order valence-corrected chi connectivity index (χ3v) is 3.02. The van der Waals surface area contributed by atoms with E-state index in [-0.39, 0.29) is 5.78 Å². The molecule has 1 aromatic rings. The first kappa shape index (κ1) is 16.2. The van der Waals surface area contributed by atoms with Crippen molar-refractivity contribution in [2.24, 2.45) is 5.92 Å². The van der Waals surface area contributed by atoms with Gasteiger partial charge in [-0.2, -0.15) is 0 Å². The molecule has 1 N–H and O–H groups in total. The molecule has 0 saturated carbocycles. The van der Waals surface area contributed by atoms with Crippen LogP contribution in [-0.4, -0.2) is 12.3 Å². The van der Waals surface area contributed by atoms with Gasteiger partial charge in [-0.3, -0.25) is 4.79 Å². The van der Waals surface area contributed by atoms with E-state index >= 15 is 0 Å². The first-order valence-corrected chi connectivity index (χ1v) is 7.36. The molecule has 2 heteroatoms. The highest BCUT2D eigenvalue weighted by Gasteiger charge is 2.04. The van der Waals surface area contributed by atoms with Crippen molar-refractivity contribution in [1.82, 2.24) is 5.32 Å². The molecule has 0 aliphatic rings. The molecular weight excluding hydrogens is 246 g/mol. The minimum Gasteiger partial charge on any atom is -0.388 e. The number of carbonyl (C=O) groups excluding carboxylic acids is 1. The van der Waals surface area contributed by atoms with Gasteiger partial charge in [-0.25, -0.2) is 0 Å². The third-order valence-electron chi connectivity index (χ3n) is 3.02. The Kier molecular flexibility index (Phi) is 7.41. The Morgan fingerprint density at radius 1 is 1.25 bits per heavy atom. The Morgan fingerprint density at radius 2 is 1.95 bits per heavy atom. The Balaban J connectivity index is 2.63. The molecule has 20 heavy (non-hydrogen) atoms. The molecule has 0 aliphatic heterocycles. The normalized spacial score (nSPS) is 12.1. The summed E-state index contributed by atoms with van der Waals surface area (Å²) in [5.74, 6) is 0.363. The summed E-state index contributed by atoms with van der Waals surface area (Å²) in [6.45, 7) is 7.28. The first-order valence-electron chi connectivity index (χ1n) is 7.36. The number of unbranched alkanes of at least 4 members (excludes halogenated alkanes) is 1. The second-order valence-corrected chi connectivity index (χ2v) is 5.18. The van der Waals surface area contributed by atoms with E-state index in [1.165, 1.54) is 0 Å². The fourth-order valence-corrected chi connectivity index (χ4v) is 1.78. The summed E-state index contributed by atoms with van der Waals surface area (Å²) in [6, 6.07) is 9.86. The molecule has 0 spiro atoms. The van der Waals surface area contributed by atoms with E-state index in [4.69, 9.17) is 0 Å². The van der Waals surface area contributed by atoms with Gasteiger partial charge in [0, 0.05) is 18.3 Å². The van der Waals surface area contributed by atoms with Gasteiger partial charge < -0.3 is 5.32 Å². The van der Waals surface area contributed by atoms with Crippen LogP contribution in [0.5, 0.6) is 0 Å². The number of rotatable bonds is 8. The van der Waals surface area contributed by atoms with Crippen molar-refractivity contribution in [3.63, 3.8) is 0 Å². The molecule has 0 unspecified atom stereocenters. The van der Waals surface area contributed by atoms with Crippen LogP contribution >= 0.6 is 0 Å². The van der Waals surface area contributed by atoms with Crippen molar-refractivity contribution in [1.29, 1.82) is 0 Å². The number of benzene rings is 1. The Bertz CT molecular complexity index is 458. The van der Waals surface area contributed by atoms with Gasteiger partial charge >= 0.3 is 0 Å². The van der Waals surface area contributed by atoms with E-state index in [0.29, 0.717) is 5.92 Å². The minimum absolute atomic E-state index is 0.0292. The fourth-order valence-electron chi connectivity index (χ4n) is 1.78. The van der Waals surface area contributed by atoms with Crippen LogP contribution < -0.4 is 5.32 Å². The lowest BCUT2D eigenvalue weighted by molar-refractivity contribution is -0.110. The molecule has 0 bridgehead atoms. The van der Waals surface area contributed by atoms with Crippen LogP contribution in [0.1, 0.15) is 39.2 Å². The maximum absolute atomic E-state index is 12.0. The average Bonchev–Trinajstić information content (AvgIpc) is 2.45. The molecule has 0 aliphatic carbocycles. The second-order valence-electron chi connectivity index (χ2n) is 5.18. The minimum atomic E-state index is 0.0292. The lowest BCUT2D eigenvalue weighted by Crippen LogP contribution is -2.19. The van der Waals surface area contributed by atoms with Crippen LogP contribution in [-0.2, 0) is 4.79 Å². The summed E-state index contributed by atoms with van der Waals surface area (Å²) in [7, 11) is 0. The molecule has 1 rings (SSSR count). The molecule has 0 aromatic heterocycles. The van der Waals surface area contributed by atoms with E-state index in [0.717, 1.165) is 30.6 Å². The fraction of sp³-hybridized carbons (Fsp3) is 0.389. The molecule has 1 aromatic carbocycles. The van der Waals surface area contributed by atoms with Gasteiger partial charge in [0.25, 0.3) is 0 Å². The number of carbonyl (C=O) groups is 1. The standard InChI is InChI=1S/C18H25NO/c1-4-5-13-19-18(15(2)3)14-17(20)12-11-16-9-7-6-8-10-16/h6-12,14-15,19H,4-5,13H2,1-3H3/b12-11+,18-14-. The predicted molar refractivity (Wildman–Crippen MR) is 86.3 cm³/mol. The van der Waals surface area contributed by atoms with E-state index in [1.54, 1.807) is 12.2 Å². The zero-order chi connectivity index (χ0) is 14.8. The van der Waals surface area contributed by atoms with Gasteiger partial charge in [0.05, 0.1) is 0 Å². The lowest BCUT2D eigenvalue weighted by atomic mass is 10.1. The molecule has 0 fully saturated rings. The summed E-state index contributed by atoms with van der Waals surface area (Å²) in [4.78, 5) is 12.0. The van der Waals surface area contributed by atoms with Gasteiger partial charge in [-0.1, -0.05) is 63.6 Å². The zero-order valence-electron chi connectivity index (χ0n) is 12.7. The molecular formula is C18H25NO. The highest BCUT2D eigenvalue weighted by atomic mass is 16.1. The largest absolute Gasteiger partial charge is 0.388 e. The van der Waals surface area contributed by atoms with Crippen LogP contribution in [0, 0.1) is 5.92 Å². The highest BCUT2D eigenvalue weighted by molar-refractivity contribution is 6.02. The van der Waals surface area contributed by atoms with Crippen LogP contribution in [0.15, 0.2) is 48.2 Å². The van der Waals surface area contributed by atoms with E-state index < -0.39 is 0 Å². The van der Waals surface area contributed by atoms with Gasteiger partial charge in [-0.05, 0) is 24.0 Å². The molecule has 0 radical (unpaired) electrons. The molecule has 0 amide bonds. The quantitative estimate of drug-likeness (QED) is 0.567. The van der Waals surface area contributed by atoms with Gasteiger partial charge in [0.15, 0.2) is 5.78 Å². The first-order chi connectivity index (χ1) is 9.63. The zero-order valence-corrected chi connectivity index (χ0v) is 12.7. The van der Waals surface area contributed by atoms with Crippen LogP contribution in [0.3, 0.4) is 0 Å². The number of hydrogen-bond acceptors (Lipinski definition) is 2. The summed E-state index contributed by atoms with van der Waals surface area (Å²) in [5.41, 5.74) is 2.06. The number of nitrogens with one attached hydrogen (secondary N) is 1. The maximum Gasteiger partial charge on any atom is 0.180 e.